The second-order valence-electron chi connectivity index (χ2n) is 6.38. The second-order valence-corrected chi connectivity index (χ2v) is 6.78. The molecular weight excluding hydrogens is 381 g/mol. The van der Waals surface area contributed by atoms with E-state index in [0.717, 1.165) is 5.69 Å². The monoisotopic (exact) mass is 395 g/mol. The Hall–Kier alpha value is -3.30. The van der Waals surface area contributed by atoms with Gasteiger partial charge in [-0.15, -0.1) is 0 Å². The molecule has 1 aliphatic heterocycles. The van der Waals surface area contributed by atoms with Crippen molar-refractivity contribution in [3.8, 4) is 23.1 Å². The molecule has 2 aromatic carbocycles. The fraction of sp³-hybridized carbons (Fsp3) is 0.143. The molecule has 7 heteroatoms. The number of fused-ring (bicyclic) bond motifs is 1. The number of hydrogen-bond acceptors (Lipinski definition) is 3. The van der Waals surface area contributed by atoms with Gasteiger partial charge in [-0.3, -0.25) is 4.79 Å². The van der Waals surface area contributed by atoms with Crippen molar-refractivity contribution in [3.63, 3.8) is 0 Å². The zero-order valence-electron chi connectivity index (χ0n) is 14.9. The maximum absolute atomic E-state index is 14.3. The van der Waals surface area contributed by atoms with Crippen molar-refractivity contribution >= 4 is 23.2 Å². The maximum atomic E-state index is 14.3. The van der Waals surface area contributed by atoms with Crippen LogP contribution in [0.2, 0.25) is 5.02 Å². The summed E-state index contributed by atoms with van der Waals surface area (Å²) in [5.74, 6) is -0.229. The summed E-state index contributed by atoms with van der Waals surface area (Å²) in [6, 6.07) is 13.1. The van der Waals surface area contributed by atoms with Gasteiger partial charge in [0.1, 0.15) is 11.6 Å². The van der Waals surface area contributed by atoms with Gasteiger partial charge in [0.15, 0.2) is 0 Å². The Morgan fingerprint density at radius 1 is 1.29 bits per heavy atom. The first-order chi connectivity index (χ1) is 13.5. The van der Waals surface area contributed by atoms with Crippen LogP contribution in [0.25, 0.3) is 11.3 Å². The first kappa shape index (κ1) is 18.1. The number of methoxy groups -OCH3 is 1. The third kappa shape index (κ3) is 2.90. The average molecular weight is 396 g/mol. The summed E-state index contributed by atoms with van der Waals surface area (Å²) in [5, 5.41) is 9.34. The Morgan fingerprint density at radius 3 is 2.82 bits per heavy atom. The Balaban J connectivity index is 1.74. The van der Waals surface area contributed by atoms with Crippen LogP contribution in [0.4, 0.5) is 10.1 Å². The zero-order valence-corrected chi connectivity index (χ0v) is 15.7. The molecule has 0 saturated heterocycles. The van der Waals surface area contributed by atoms with Gasteiger partial charge in [-0.2, -0.15) is 5.26 Å². The van der Waals surface area contributed by atoms with E-state index in [4.69, 9.17) is 21.6 Å². The lowest BCUT2D eigenvalue weighted by atomic mass is 10.0. The molecule has 0 unspecified atom stereocenters. The normalized spacial score (nSPS) is 13.2. The number of amides is 1. The summed E-state index contributed by atoms with van der Waals surface area (Å²) in [5.41, 5.74) is 2.95. The maximum Gasteiger partial charge on any atom is 0.260 e. The van der Waals surface area contributed by atoms with Gasteiger partial charge in [0.05, 0.1) is 46.3 Å². The minimum absolute atomic E-state index is 0.223. The average Bonchev–Trinajstić information content (AvgIpc) is 3.12. The quantitative estimate of drug-likeness (QED) is 0.706. The SMILES string of the molecule is COc1cc(C#N)ccc1N1CCc2[nH]c(-c3c(F)cccc3Cl)cc2C1=O. The van der Waals surface area contributed by atoms with Crippen molar-refractivity contribution in [2.45, 2.75) is 6.42 Å². The van der Waals surface area contributed by atoms with Crippen molar-refractivity contribution in [2.24, 2.45) is 0 Å². The third-order valence-corrected chi connectivity index (χ3v) is 5.11. The molecule has 1 aliphatic rings. The fourth-order valence-electron chi connectivity index (χ4n) is 3.45. The lowest BCUT2D eigenvalue weighted by molar-refractivity contribution is 0.0980. The van der Waals surface area contributed by atoms with E-state index in [2.05, 4.69) is 11.1 Å². The van der Waals surface area contributed by atoms with E-state index in [9.17, 15) is 9.18 Å². The highest BCUT2D eigenvalue weighted by atomic mass is 35.5. The molecule has 0 radical (unpaired) electrons. The summed E-state index contributed by atoms with van der Waals surface area (Å²) < 4.78 is 19.6. The first-order valence-electron chi connectivity index (χ1n) is 8.59. The van der Waals surface area contributed by atoms with Crippen LogP contribution < -0.4 is 9.64 Å². The van der Waals surface area contributed by atoms with Gasteiger partial charge in [-0.05, 0) is 30.3 Å². The van der Waals surface area contributed by atoms with Crippen LogP contribution in [-0.2, 0) is 6.42 Å². The topological polar surface area (TPSA) is 69.1 Å². The molecule has 4 rings (SSSR count). The van der Waals surface area contributed by atoms with Crippen LogP contribution >= 0.6 is 11.6 Å². The van der Waals surface area contributed by atoms with Gasteiger partial charge in [0.2, 0.25) is 0 Å². The number of rotatable bonds is 3. The first-order valence-corrected chi connectivity index (χ1v) is 8.97. The molecule has 140 valence electrons. The highest BCUT2D eigenvalue weighted by Gasteiger charge is 2.30. The fourth-order valence-corrected chi connectivity index (χ4v) is 3.71. The van der Waals surface area contributed by atoms with Gasteiger partial charge in [-0.25, -0.2) is 4.39 Å². The molecule has 0 atom stereocenters. The summed E-state index contributed by atoms with van der Waals surface area (Å²) in [6.45, 7) is 0.430. The third-order valence-electron chi connectivity index (χ3n) is 4.79. The largest absolute Gasteiger partial charge is 0.495 e. The molecule has 1 aromatic heterocycles. The van der Waals surface area contributed by atoms with Gasteiger partial charge in [0, 0.05) is 24.7 Å². The van der Waals surface area contributed by atoms with Crippen molar-refractivity contribution in [1.82, 2.24) is 4.98 Å². The van der Waals surface area contributed by atoms with E-state index >= 15 is 0 Å². The Labute approximate surface area is 165 Å². The minimum Gasteiger partial charge on any atom is -0.495 e. The van der Waals surface area contributed by atoms with Gasteiger partial charge in [-0.1, -0.05) is 17.7 Å². The molecule has 0 spiro atoms. The van der Waals surface area contributed by atoms with E-state index in [-0.39, 0.29) is 16.5 Å². The smallest absolute Gasteiger partial charge is 0.260 e. The number of hydrogen-bond donors (Lipinski definition) is 1. The Morgan fingerprint density at radius 2 is 2.11 bits per heavy atom. The predicted octanol–water partition coefficient (Wildman–Crippen LogP) is 4.56. The number of carbonyl (C=O) groups excluding carboxylic acids is 1. The standard InChI is InChI=1S/C21H15ClFN3O2/c1-28-19-9-12(11-24)5-6-18(19)26-8-7-16-13(21(26)27)10-17(25-16)20-14(22)3-2-4-15(20)23/h2-6,9-10,25H,7-8H2,1H3. The van der Waals surface area contributed by atoms with E-state index in [1.54, 1.807) is 35.2 Å². The lowest BCUT2D eigenvalue weighted by Gasteiger charge is -2.28. The van der Waals surface area contributed by atoms with Crippen LogP contribution in [-0.4, -0.2) is 24.5 Å². The number of nitrogens with one attached hydrogen (secondary N) is 1. The van der Waals surface area contributed by atoms with Crippen LogP contribution in [0.5, 0.6) is 5.75 Å². The molecule has 0 aliphatic carbocycles. The number of aromatic amines is 1. The molecule has 2 heterocycles. The number of H-pyrrole nitrogens is 1. The lowest BCUT2D eigenvalue weighted by Crippen LogP contribution is -2.37. The van der Waals surface area contributed by atoms with E-state index in [1.807, 2.05) is 0 Å². The molecule has 1 amide bonds. The number of benzene rings is 2. The van der Waals surface area contributed by atoms with E-state index in [0.29, 0.717) is 41.2 Å². The van der Waals surface area contributed by atoms with Gasteiger partial charge in [0.25, 0.3) is 5.91 Å². The van der Waals surface area contributed by atoms with Crippen molar-refractivity contribution in [3.05, 3.63) is 70.1 Å². The van der Waals surface area contributed by atoms with Crippen molar-refractivity contribution in [2.75, 3.05) is 18.6 Å². The van der Waals surface area contributed by atoms with Gasteiger partial charge >= 0.3 is 0 Å². The van der Waals surface area contributed by atoms with Gasteiger partial charge < -0.3 is 14.6 Å². The molecule has 28 heavy (non-hydrogen) atoms. The number of carbonyl (C=O) groups is 1. The molecule has 0 fully saturated rings. The van der Waals surface area contributed by atoms with Crippen molar-refractivity contribution < 1.29 is 13.9 Å². The van der Waals surface area contributed by atoms with Crippen molar-refractivity contribution in [1.29, 1.82) is 5.26 Å². The summed E-state index contributed by atoms with van der Waals surface area (Å²) in [4.78, 5) is 17.8. The number of ether oxygens (including phenoxy) is 1. The van der Waals surface area contributed by atoms with Crippen LogP contribution in [0.1, 0.15) is 21.6 Å². The predicted molar refractivity (Wildman–Crippen MR) is 104 cm³/mol. The second kappa shape index (κ2) is 7.02. The number of halogens is 2. The molecule has 3 aromatic rings. The van der Waals surface area contributed by atoms with Crippen LogP contribution in [0.3, 0.4) is 0 Å². The molecule has 0 saturated carbocycles. The minimum atomic E-state index is -0.454. The number of nitriles is 1. The summed E-state index contributed by atoms with van der Waals surface area (Å²) in [6.07, 6.45) is 0.566. The van der Waals surface area contributed by atoms with E-state index in [1.165, 1.54) is 19.2 Å². The Bertz CT molecular complexity index is 1110. The number of nitrogens with zero attached hydrogens (tertiary/aromatic N) is 2. The van der Waals surface area contributed by atoms with Crippen LogP contribution in [0.15, 0.2) is 42.5 Å². The summed E-state index contributed by atoms with van der Waals surface area (Å²) >= 11 is 6.16. The summed E-state index contributed by atoms with van der Waals surface area (Å²) in [7, 11) is 1.49. The number of anilines is 1. The van der Waals surface area contributed by atoms with E-state index < -0.39 is 5.82 Å². The highest BCUT2D eigenvalue weighted by Crippen LogP contribution is 2.36. The molecule has 1 N–H and O–H groups in total. The van der Waals surface area contributed by atoms with Crippen LogP contribution in [0, 0.1) is 17.1 Å². The zero-order chi connectivity index (χ0) is 19.8. The highest BCUT2D eigenvalue weighted by molar-refractivity contribution is 6.33. The number of aromatic nitrogens is 1. The molecule has 0 bridgehead atoms. The molecule has 5 nitrogen and oxygen atoms in total. The Kier molecular flexibility index (Phi) is 4.54. The molecular formula is C21H15ClFN3O2.